The molecule has 1 nitrogen and oxygen atoms in total. The van der Waals surface area contributed by atoms with Gasteiger partial charge in [0.1, 0.15) is 5.82 Å². The second-order valence-electron chi connectivity index (χ2n) is 5.11. The zero-order chi connectivity index (χ0) is 13.4. The first-order chi connectivity index (χ1) is 7.51. The second-order valence-corrected chi connectivity index (χ2v) is 5.11. The van der Waals surface area contributed by atoms with Crippen LogP contribution in [0, 0.1) is 11.2 Å². The largest absolute Gasteiger partial charge is 0.416 e. The molecule has 17 heavy (non-hydrogen) atoms. The maximum absolute atomic E-state index is 13.2. The van der Waals surface area contributed by atoms with E-state index in [0.29, 0.717) is 6.07 Å². The van der Waals surface area contributed by atoms with Crippen LogP contribution in [-0.2, 0) is 6.18 Å². The van der Waals surface area contributed by atoms with Crippen molar-refractivity contribution >= 4 is 0 Å². The van der Waals surface area contributed by atoms with E-state index in [4.69, 9.17) is 5.73 Å². The Balaban J connectivity index is 3.24. The lowest BCUT2D eigenvalue weighted by molar-refractivity contribution is -0.137. The summed E-state index contributed by atoms with van der Waals surface area (Å²) in [5.41, 5.74) is 4.54. The molecule has 96 valence electrons. The smallest absolute Gasteiger partial charge is 0.324 e. The molecule has 0 saturated heterocycles. The Kier molecular flexibility index (Phi) is 3.52. The molecule has 0 aliphatic heterocycles. The second kappa shape index (κ2) is 4.29. The molecular formula is C12H15F4N. The number of halogens is 4. The Hall–Kier alpha value is -1.10. The minimum atomic E-state index is -4.56. The van der Waals surface area contributed by atoms with E-state index < -0.39 is 29.0 Å². The van der Waals surface area contributed by atoms with Gasteiger partial charge in [-0.2, -0.15) is 13.2 Å². The summed E-state index contributed by atoms with van der Waals surface area (Å²) in [6.07, 6.45) is -4.56. The fraction of sp³-hybridized carbons (Fsp3) is 0.500. The molecule has 0 aliphatic carbocycles. The molecule has 0 aromatic heterocycles. The van der Waals surface area contributed by atoms with Gasteiger partial charge in [-0.05, 0) is 29.2 Å². The van der Waals surface area contributed by atoms with Gasteiger partial charge in [0, 0.05) is 6.04 Å². The van der Waals surface area contributed by atoms with Gasteiger partial charge >= 0.3 is 6.18 Å². The molecule has 0 spiro atoms. The van der Waals surface area contributed by atoms with Crippen molar-refractivity contribution < 1.29 is 17.6 Å². The molecular weight excluding hydrogens is 234 g/mol. The number of rotatable bonds is 1. The van der Waals surface area contributed by atoms with Gasteiger partial charge in [-0.1, -0.05) is 20.8 Å². The molecule has 0 fully saturated rings. The van der Waals surface area contributed by atoms with Gasteiger partial charge in [-0.15, -0.1) is 0 Å². The number of hydrogen-bond acceptors (Lipinski definition) is 1. The SMILES string of the molecule is CC(C)(C)[C@@H](N)c1cc(F)cc(C(F)(F)F)c1. The Bertz CT molecular complexity index is 404. The van der Waals surface area contributed by atoms with Crippen LogP contribution >= 0.6 is 0 Å². The van der Waals surface area contributed by atoms with Crippen molar-refractivity contribution in [1.29, 1.82) is 0 Å². The molecule has 1 rings (SSSR count). The summed E-state index contributed by atoms with van der Waals surface area (Å²) >= 11 is 0. The van der Waals surface area contributed by atoms with Gasteiger partial charge in [0.2, 0.25) is 0 Å². The average molecular weight is 249 g/mol. The highest BCUT2D eigenvalue weighted by atomic mass is 19.4. The molecule has 0 heterocycles. The molecule has 0 amide bonds. The lowest BCUT2D eigenvalue weighted by Crippen LogP contribution is -2.26. The van der Waals surface area contributed by atoms with Crippen molar-refractivity contribution in [3.8, 4) is 0 Å². The number of nitrogens with two attached hydrogens (primary N) is 1. The van der Waals surface area contributed by atoms with Crippen LogP contribution in [0.1, 0.15) is 37.9 Å². The Morgan fingerprint density at radius 3 is 2.00 bits per heavy atom. The fourth-order valence-corrected chi connectivity index (χ4v) is 1.46. The third-order valence-corrected chi connectivity index (χ3v) is 2.54. The molecule has 0 unspecified atom stereocenters. The molecule has 1 aromatic rings. The summed E-state index contributed by atoms with van der Waals surface area (Å²) in [7, 11) is 0. The van der Waals surface area contributed by atoms with Crippen molar-refractivity contribution in [1.82, 2.24) is 0 Å². The first-order valence-electron chi connectivity index (χ1n) is 5.15. The lowest BCUT2D eigenvalue weighted by Gasteiger charge is -2.28. The summed E-state index contributed by atoms with van der Waals surface area (Å²) in [4.78, 5) is 0. The van der Waals surface area contributed by atoms with Crippen LogP contribution in [0.3, 0.4) is 0 Å². The molecule has 2 N–H and O–H groups in total. The minimum absolute atomic E-state index is 0.157. The van der Waals surface area contributed by atoms with E-state index in [1.807, 2.05) is 0 Å². The maximum Gasteiger partial charge on any atom is 0.416 e. The Morgan fingerprint density at radius 1 is 1.06 bits per heavy atom. The molecule has 0 saturated carbocycles. The normalized spacial score (nSPS) is 14.8. The van der Waals surface area contributed by atoms with Crippen LogP contribution in [-0.4, -0.2) is 0 Å². The summed E-state index contributed by atoms with van der Waals surface area (Å²) in [6.45, 7) is 5.36. The Morgan fingerprint density at radius 2 is 1.59 bits per heavy atom. The first-order valence-corrected chi connectivity index (χ1v) is 5.15. The number of benzene rings is 1. The van der Waals surface area contributed by atoms with Crippen LogP contribution in [0.5, 0.6) is 0 Å². The van der Waals surface area contributed by atoms with Gasteiger partial charge < -0.3 is 5.73 Å². The lowest BCUT2D eigenvalue weighted by atomic mass is 9.82. The van der Waals surface area contributed by atoms with Gasteiger partial charge in [-0.25, -0.2) is 4.39 Å². The van der Waals surface area contributed by atoms with Crippen LogP contribution in [0.15, 0.2) is 18.2 Å². The highest BCUT2D eigenvalue weighted by Crippen LogP contribution is 2.35. The molecule has 0 aliphatic rings. The van der Waals surface area contributed by atoms with Crippen molar-refractivity contribution in [3.05, 3.63) is 35.1 Å². The fourth-order valence-electron chi connectivity index (χ4n) is 1.46. The van der Waals surface area contributed by atoms with Crippen LogP contribution in [0.4, 0.5) is 17.6 Å². The molecule has 0 bridgehead atoms. The van der Waals surface area contributed by atoms with E-state index in [1.54, 1.807) is 20.8 Å². The quantitative estimate of drug-likeness (QED) is 0.751. The van der Waals surface area contributed by atoms with E-state index in [-0.39, 0.29) is 5.56 Å². The number of hydrogen-bond donors (Lipinski definition) is 1. The van der Waals surface area contributed by atoms with E-state index in [9.17, 15) is 17.6 Å². The zero-order valence-corrected chi connectivity index (χ0v) is 9.90. The van der Waals surface area contributed by atoms with E-state index >= 15 is 0 Å². The highest BCUT2D eigenvalue weighted by molar-refractivity contribution is 5.29. The third kappa shape index (κ3) is 3.43. The van der Waals surface area contributed by atoms with Gasteiger partial charge in [-0.3, -0.25) is 0 Å². The van der Waals surface area contributed by atoms with E-state index in [1.165, 1.54) is 0 Å². The van der Waals surface area contributed by atoms with E-state index in [2.05, 4.69) is 0 Å². The summed E-state index contributed by atoms with van der Waals surface area (Å²) in [5.74, 6) is -0.922. The first kappa shape index (κ1) is 14.0. The molecule has 1 aromatic carbocycles. The monoisotopic (exact) mass is 249 g/mol. The van der Waals surface area contributed by atoms with Gasteiger partial charge in [0.15, 0.2) is 0 Å². The maximum atomic E-state index is 13.2. The highest BCUT2D eigenvalue weighted by Gasteiger charge is 2.33. The van der Waals surface area contributed by atoms with Crippen LogP contribution in [0.2, 0.25) is 0 Å². The average Bonchev–Trinajstić information content (AvgIpc) is 2.12. The van der Waals surface area contributed by atoms with E-state index in [0.717, 1.165) is 12.1 Å². The van der Waals surface area contributed by atoms with Crippen LogP contribution < -0.4 is 5.73 Å². The minimum Gasteiger partial charge on any atom is -0.324 e. The Labute approximate surface area is 97.6 Å². The van der Waals surface area contributed by atoms with Crippen molar-refractivity contribution in [2.75, 3.05) is 0 Å². The summed E-state index contributed by atoms with van der Waals surface area (Å²) < 4.78 is 50.7. The topological polar surface area (TPSA) is 26.0 Å². The van der Waals surface area contributed by atoms with Gasteiger partial charge in [0.25, 0.3) is 0 Å². The summed E-state index contributed by atoms with van der Waals surface area (Å²) in [6, 6.07) is 1.77. The van der Waals surface area contributed by atoms with Crippen molar-refractivity contribution in [2.24, 2.45) is 11.1 Å². The molecule has 5 heteroatoms. The van der Waals surface area contributed by atoms with Gasteiger partial charge in [0.05, 0.1) is 5.56 Å². The van der Waals surface area contributed by atoms with Crippen molar-refractivity contribution in [3.63, 3.8) is 0 Å². The standard InChI is InChI=1S/C12H15F4N/c1-11(2,3)10(17)7-4-8(12(14,15)16)6-9(13)5-7/h4-6,10H,17H2,1-3H3/t10-/m0/s1. The summed E-state index contributed by atoms with van der Waals surface area (Å²) in [5, 5.41) is 0. The van der Waals surface area contributed by atoms with Crippen LogP contribution in [0.25, 0.3) is 0 Å². The van der Waals surface area contributed by atoms with Crippen molar-refractivity contribution in [2.45, 2.75) is 33.0 Å². The third-order valence-electron chi connectivity index (χ3n) is 2.54. The predicted molar refractivity (Wildman–Crippen MR) is 57.8 cm³/mol. The zero-order valence-electron chi connectivity index (χ0n) is 9.90. The molecule has 1 atom stereocenters. The number of alkyl halides is 3. The molecule has 0 radical (unpaired) electrons. The predicted octanol–water partition coefficient (Wildman–Crippen LogP) is 3.89.